The largest absolute Gasteiger partial charge is 0.302 e. The minimum atomic E-state index is -1.26. The van der Waals surface area contributed by atoms with Gasteiger partial charge in [-0.15, -0.1) is 0 Å². The van der Waals surface area contributed by atoms with E-state index in [4.69, 9.17) is 23.2 Å². The number of Topliss-reactive ketones (excluding diaryl/α,β-unsaturated/α-hetero) is 1. The zero-order valence-electron chi connectivity index (χ0n) is 8.84. The lowest BCUT2D eigenvalue weighted by Crippen LogP contribution is -2.04. The Balaban J connectivity index is 3.17. The molecule has 1 unspecified atom stereocenters. The number of rotatable bonds is 4. The molecule has 0 spiro atoms. The number of hydrogen-bond donors (Lipinski definition) is 1. The molecule has 0 amide bonds. The van der Waals surface area contributed by atoms with Crippen molar-refractivity contribution in [2.75, 3.05) is 11.0 Å². The molecule has 1 N–H and O–H groups in total. The van der Waals surface area contributed by atoms with E-state index in [0.29, 0.717) is 27.7 Å². The van der Waals surface area contributed by atoms with Gasteiger partial charge in [-0.1, -0.05) is 30.1 Å². The van der Waals surface area contributed by atoms with E-state index in [2.05, 4.69) is 4.72 Å². The van der Waals surface area contributed by atoms with Crippen molar-refractivity contribution in [1.29, 1.82) is 0 Å². The predicted octanol–water partition coefficient (Wildman–Crippen LogP) is 3.29. The Morgan fingerprint density at radius 1 is 1.38 bits per heavy atom. The van der Waals surface area contributed by atoms with Gasteiger partial charge in [-0.2, -0.15) is 0 Å². The fourth-order valence-electron chi connectivity index (χ4n) is 1.18. The Kier molecular flexibility index (Phi) is 4.77. The van der Waals surface area contributed by atoms with Crippen molar-refractivity contribution >= 4 is 45.7 Å². The van der Waals surface area contributed by atoms with Crippen LogP contribution in [0, 0.1) is 0 Å². The molecular formula is C10H11Cl2NO2S. The highest BCUT2D eigenvalue weighted by Gasteiger charge is 2.12. The third kappa shape index (κ3) is 3.20. The van der Waals surface area contributed by atoms with Crippen molar-refractivity contribution in [3.8, 4) is 0 Å². The van der Waals surface area contributed by atoms with E-state index in [0.717, 1.165) is 0 Å². The number of carbonyl (C=O) groups excluding carboxylic acids is 1. The topological polar surface area (TPSA) is 46.2 Å². The Labute approximate surface area is 107 Å². The van der Waals surface area contributed by atoms with Gasteiger partial charge in [-0.25, -0.2) is 4.21 Å². The molecule has 0 saturated heterocycles. The van der Waals surface area contributed by atoms with Crippen LogP contribution in [0.3, 0.4) is 0 Å². The van der Waals surface area contributed by atoms with Crippen LogP contribution in [0.5, 0.6) is 0 Å². The summed E-state index contributed by atoms with van der Waals surface area (Å²) >= 11 is 11.9. The molecular weight excluding hydrogens is 269 g/mol. The van der Waals surface area contributed by atoms with Gasteiger partial charge in [0.25, 0.3) is 0 Å². The summed E-state index contributed by atoms with van der Waals surface area (Å²) in [5.74, 6) is -0.0343. The first kappa shape index (κ1) is 13.5. The third-order valence-electron chi connectivity index (χ3n) is 1.93. The molecule has 0 saturated carbocycles. The van der Waals surface area contributed by atoms with Crippen LogP contribution in [0.2, 0.25) is 10.0 Å². The summed E-state index contributed by atoms with van der Waals surface area (Å²) in [6.07, 6.45) is 1.86. The maximum atomic E-state index is 11.5. The standard InChI is InChI=1S/C10H11Cl2NO2S/c1-3-9(14)6-4-7(11)10(8(12)5-6)13-16(2)15/h4-5,13H,3H2,1-2H3. The first-order chi connectivity index (χ1) is 7.45. The third-order valence-corrected chi connectivity index (χ3v) is 3.02. The van der Waals surface area contributed by atoms with Gasteiger partial charge < -0.3 is 4.72 Å². The van der Waals surface area contributed by atoms with Gasteiger partial charge in [0.15, 0.2) is 5.78 Å². The molecule has 3 nitrogen and oxygen atoms in total. The summed E-state index contributed by atoms with van der Waals surface area (Å²) in [5, 5.41) is 0.582. The van der Waals surface area contributed by atoms with Crippen molar-refractivity contribution < 1.29 is 9.00 Å². The minimum Gasteiger partial charge on any atom is -0.302 e. The van der Waals surface area contributed by atoms with Crippen molar-refractivity contribution in [2.24, 2.45) is 0 Å². The van der Waals surface area contributed by atoms with Gasteiger partial charge in [-0.3, -0.25) is 4.79 Å². The summed E-state index contributed by atoms with van der Waals surface area (Å²) in [6, 6.07) is 3.04. The SMILES string of the molecule is CCC(=O)c1cc(Cl)c(NS(C)=O)c(Cl)c1. The van der Waals surface area contributed by atoms with Crippen LogP contribution >= 0.6 is 23.2 Å². The van der Waals surface area contributed by atoms with Gasteiger partial charge >= 0.3 is 0 Å². The summed E-state index contributed by atoms with van der Waals surface area (Å²) in [7, 11) is -1.26. The highest BCUT2D eigenvalue weighted by Crippen LogP contribution is 2.32. The van der Waals surface area contributed by atoms with Gasteiger partial charge in [0, 0.05) is 18.2 Å². The molecule has 0 heterocycles. The average Bonchev–Trinajstić information content (AvgIpc) is 2.21. The maximum Gasteiger partial charge on any atom is 0.162 e. The smallest absolute Gasteiger partial charge is 0.162 e. The quantitative estimate of drug-likeness (QED) is 0.860. The Morgan fingerprint density at radius 3 is 2.25 bits per heavy atom. The molecule has 1 aromatic carbocycles. The summed E-state index contributed by atoms with van der Waals surface area (Å²) in [6.45, 7) is 1.76. The second kappa shape index (κ2) is 5.66. The lowest BCUT2D eigenvalue weighted by atomic mass is 10.1. The van der Waals surface area contributed by atoms with Crippen LogP contribution in [0.4, 0.5) is 5.69 Å². The monoisotopic (exact) mass is 279 g/mol. The second-order valence-corrected chi connectivity index (χ2v) is 5.07. The van der Waals surface area contributed by atoms with Gasteiger partial charge in [0.1, 0.15) is 11.0 Å². The van der Waals surface area contributed by atoms with Crippen LogP contribution in [-0.2, 0) is 11.0 Å². The van der Waals surface area contributed by atoms with Crippen molar-refractivity contribution in [1.82, 2.24) is 0 Å². The highest BCUT2D eigenvalue weighted by molar-refractivity contribution is 7.85. The van der Waals surface area contributed by atoms with E-state index < -0.39 is 11.0 Å². The number of carbonyl (C=O) groups is 1. The summed E-state index contributed by atoms with van der Waals surface area (Å²) in [5.41, 5.74) is 0.849. The normalized spacial score (nSPS) is 12.2. The number of halogens is 2. The molecule has 6 heteroatoms. The number of benzene rings is 1. The van der Waals surface area contributed by atoms with Crippen LogP contribution in [-0.4, -0.2) is 16.2 Å². The van der Waals surface area contributed by atoms with E-state index in [1.165, 1.54) is 18.4 Å². The van der Waals surface area contributed by atoms with Crippen molar-refractivity contribution in [3.63, 3.8) is 0 Å². The zero-order chi connectivity index (χ0) is 12.3. The Bertz CT molecular complexity index is 425. The second-order valence-electron chi connectivity index (χ2n) is 3.15. The fourth-order valence-corrected chi connectivity index (χ4v) is 2.38. The molecule has 0 bridgehead atoms. The molecule has 16 heavy (non-hydrogen) atoms. The first-order valence-electron chi connectivity index (χ1n) is 4.58. The van der Waals surface area contributed by atoms with Crippen LogP contribution < -0.4 is 4.72 Å². The minimum absolute atomic E-state index is 0.0343. The van der Waals surface area contributed by atoms with Crippen LogP contribution in [0.1, 0.15) is 23.7 Å². The molecule has 88 valence electrons. The number of hydrogen-bond acceptors (Lipinski definition) is 2. The van der Waals surface area contributed by atoms with Crippen LogP contribution in [0.25, 0.3) is 0 Å². The molecule has 1 atom stereocenters. The molecule has 0 radical (unpaired) electrons. The Morgan fingerprint density at radius 2 is 1.88 bits per heavy atom. The molecule has 0 fully saturated rings. The van der Waals surface area contributed by atoms with Crippen molar-refractivity contribution in [2.45, 2.75) is 13.3 Å². The van der Waals surface area contributed by atoms with Gasteiger partial charge in [0.05, 0.1) is 15.7 Å². The van der Waals surface area contributed by atoms with E-state index >= 15 is 0 Å². The zero-order valence-corrected chi connectivity index (χ0v) is 11.2. The highest BCUT2D eigenvalue weighted by atomic mass is 35.5. The molecule has 0 aliphatic heterocycles. The van der Waals surface area contributed by atoms with Gasteiger partial charge in [0.2, 0.25) is 0 Å². The lowest BCUT2D eigenvalue weighted by Gasteiger charge is -2.09. The molecule has 1 aromatic rings. The average molecular weight is 280 g/mol. The molecule has 0 aliphatic rings. The predicted molar refractivity (Wildman–Crippen MR) is 68.8 cm³/mol. The number of nitrogens with one attached hydrogen (secondary N) is 1. The maximum absolute atomic E-state index is 11.5. The molecule has 0 aromatic heterocycles. The summed E-state index contributed by atoms with van der Waals surface area (Å²) < 4.78 is 13.6. The van der Waals surface area contributed by atoms with Crippen LogP contribution in [0.15, 0.2) is 12.1 Å². The fraction of sp³-hybridized carbons (Fsp3) is 0.300. The summed E-state index contributed by atoms with van der Waals surface area (Å²) in [4.78, 5) is 11.5. The Hall–Kier alpha value is -0.580. The number of ketones is 1. The molecule has 0 aliphatic carbocycles. The number of anilines is 1. The van der Waals surface area contributed by atoms with E-state index in [1.807, 2.05) is 0 Å². The van der Waals surface area contributed by atoms with E-state index in [-0.39, 0.29) is 5.78 Å². The lowest BCUT2D eigenvalue weighted by molar-refractivity contribution is 0.0988. The first-order valence-corrected chi connectivity index (χ1v) is 6.89. The molecule has 1 rings (SSSR count). The van der Waals surface area contributed by atoms with E-state index in [9.17, 15) is 9.00 Å². The van der Waals surface area contributed by atoms with E-state index in [1.54, 1.807) is 6.92 Å². The van der Waals surface area contributed by atoms with Crippen molar-refractivity contribution in [3.05, 3.63) is 27.7 Å². The van der Waals surface area contributed by atoms with Gasteiger partial charge in [-0.05, 0) is 12.1 Å².